The van der Waals surface area contributed by atoms with Gasteiger partial charge < -0.3 is 10.1 Å². The van der Waals surface area contributed by atoms with Gasteiger partial charge in [0.1, 0.15) is 5.82 Å². The Morgan fingerprint density at radius 1 is 1.40 bits per heavy atom. The molecule has 1 aromatic rings. The number of ether oxygens (including phenoxy) is 1. The Morgan fingerprint density at radius 2 is 2.20 bits per heavy atom. The van der Waals surface area contributed by atoms with Crippen LogP contribution in [0.5, 0.6) is 0 Å². The van der Waals surface area contributed by atoms with Crippen molar-refractivity contribution in [3.05, 3.63) is 29.6 Å². The molecular weight excluding hydrogens is 273 g/mol. The van der Waals surface area contributed by atoms with E-state index in [1.807, 2.05) is 6.07 Å². The molecule has 1 aromatic carbocycles. The Hall–Kier alpha value is -0.580. The number of rotatable bonds is 3. The van der Waals surface area contributed by atoms with Crippen molar-refractivity contribution < 1.29 is 9.13 Å². The number of methoxy groups -OCH3 is 1. The molecule has 1 aliphatic carbocycles. The summed E-state index contributed by atoms with van der Waals surface area (Å²) in [6.45, 7) is 4.48. The average molecular weight is 295 g/mol. The molecule has 1 N–H and O–H groups in total. The van der Waals surface area contributed by atoms with Crippen LogP contribution in [0.4, 0.5) is 4.39 Å². The van der Waals surface area contributed by atoms with E-state index in [2.05, 4.69) is 25.2 Å². The lowest BCUT2D eigenvalue weighted by molar-refractivity contribution is -0.101. The Morgan fingerprint density at radius 3 is 2.90 bits per heavy atom. The average Bonchev–Trinajstić information content (AvgIpc) is 2.43. The second kappa shape index (κ2) is 5.32. The third-order valence-electron chi connectivity index (χ3n) is 4.89. The molecule has 1 heterocycles. The van der Waals surface area contributed by atoms with E-state index in [1.165, 1.54) is 0 Å². The van der Waals surface area contributed by atoms with Gasteiger partial charge in [-0.3, -0.25) is 0 Å². The van der Waals surface area contributed by atoms with E-state index in [1.54, 1.807) is 24.9 Å². The van der Waals surface area contributed by atoms with Crippen molar-refractivity contribution in [2.45, 2.75) is 49.8 Å². The minimum absolute atomic E-state index is 0.0818. The first-order chi connectivity index (χ1) is 9.54. The third-order valence-corrected chi connectivity index (χ3v) is 6.05. The van der Waals surface area contributed by atoms with Crippen LogP contribution in [0, 0.1) is 11.2 Å². The number of hydrogen-bond donors (Lipinski definition) is 1. The maximum Gasteiger partial charge on any atom is 0.137 e. The molecule has 2 nitrogen and oxygen atoms in total. The number of nitrogens with one attached hydrogen (secondary N) is 1. The third kappa shape index (κ3) is 2.28. The topological polar surface area (TPSA) is 21.3 Å². The molecule has 1 saturated carbocycles. The van der Waals surface area contributed by atoms with Gasteiger partial charge in [-0.25, -0.2) is 4.39 Å². The molecule has 0 aromatic heterocycles. The molecule has 110 valence electrons. The Labute approximate surface area is 124 Å². The standard InChI is InChI=1S/C16H22FNOS/c1-16(2)13(9-14(16)19-3)18-12-7-8-20-15-10(12)5-4-6-11(15)17/h4-6,12-14,18H,7-9H2,1-3H3. The van der Waals surface area contributed by atoms with Crippen molar-refractivity contribution in [1.82, 2.24) is 5.32 Å². The van der Waals surface area contributed by atoms with E-state index in [-0.39, 0.29) is 17.3 Å². The summed E-state index contributed by atoms with van der Waals surface area (Å²) in [5, 5.41) is 3.73. The summed E-state index contributed by atoms with van der Waals surface area (Å²) in [6.07, 6.45) is 2.42. The van der Waals surface area contributed by atoms with Gasteiger partial charge in [-0.2, -0.15) is 0 Å². The Bertz CT molecular complexity index is 505. The van der Waals surface area contributed by atoms with E-state index in [0.29, 0.717) is 12.1 Å². The lowest BCUT2D eigenvalue weighted by atomic mass is 9.64. The lowest BCUT2D eigenvalue weighted by Gasteiger charge is -2.53. The number of benzene rings is 1. The molecule has 0 radical (unpaired) electrons. The first-order valence-corrected chi connectivity index (χ1v) is 8.22. The molecule has 3 atom stereocenters. The van der Waals surface area contributed by atoms with E-state index in [9.17, 15) is 4.39 Å². The highest BCUT2D eigenvalue weighted by Gasteiger charge is 2.49. The van der Waals surface area contributed by atoms with E-state index < -0.39 is 0 Å². The summed E-state index contributed by atoms with van der Waals surface area (Å²) in [4.78, 5) is 0.830. The van der Waals surface area contributed by atoms with Gasteiger partial charge in [-0.05, 0) is 30.2 Å². The van der Waals surface area contributed by atoms with Crippen molar-refractivity contribution in [1.29, 1.82) is 0 Å². The van der Waals surface area contributed by atoms with Crippen molar-refractivity contribution in [2.24, 2.45) is 5.41 Å². The molecule has 0 bridgehead atoms. The molecule has 1 fully saturated rings. The number of thioether (sulfide) groups is 1. The van der Waals surface area contributed by atoms with Crippen LogP contribution in [0.15, 0.2) is 23.1 Å². The zero-order valence-corrected chi connectivity index (χ0v) is 13.1. The van der Waals surface area contributed by atoms with Crippen LogP contribution >= 0.6 is 11.8 Å². The van der Waals surface area contributed by atoms with Crippen molar-refractivity contribution in [3.8, 4) is 0 Å². The van der Waals surface area contributed by atoms with Crippen LogP contribution in [-0.2, 0) is 4.74 Å². The summed E-state index contributed by atoms with van der Waals surface area (Å²) in [5.41, 5.74) is 1.27. The summed E-state index contributed by atoms with van der Waals surface area (Å²) < 4.78 is 19.4. The summed E-state index contributed by atoms with van der Waals surface area (Å²) in [5.74, 6) is 0.897. The molecular formula is C16H22FNOS. The van der Waals surface area contributed by atoms with Crippen LogP contribution in [0.25, 0.3) is 0 Å². The van der Waals surface area contributed by atoms with Crippen LogP contribution < -0.4 is 5.32 Å². The SMILES string of the molecule is COC1CC(NC2CCSc3c(F)cccc32)C1(C)C. The van der Waals surface area contributed by atoms with Gasteiger partial charge >= 0.3 is 0 Å². The molecule has 0 amide bonds. The summed E-state index contributed by atoms with van der Waals surface area (Å²) in [6, 6.07) is 6.14. The van der Waals surface area contributed by atoms with Gasteiger partial charge in [-0.15, -0.1) is 11.8 Å². The summed E-state index contributed by atoms with van der Waals surface area (Å²) in [7, 11) is 1.78. The molecule has 0 spiro atoms. The minimum atomic E-state index is -0.0818. The highest BCUT2D eigenvalue weighted by molar-refractivity contribution is 7.99. The first kappa shape index (κ1) is 14.4. The van der Waals surface area contributed by atoms with Gasteiger partial charge in [-0.1, -0.05) is 26.0 Å². The molecule has 3 unspecified atom stereocenters. The largest absolute Gasteiger partial charge is 0.381 e. The molecule has 3 rings (SSSR count). The van der Waals surface area contributed by atoms with Gasteiger partial charge in [0.2, 0.25) is 0 Å². The van der Waals surface area contributed by atoms with Crippen molar-refractivity contribution in [2.75, 3.05) is 12.9 Å². The van der Waals surface area contributed by atoms with Crippen LogP contribution in [0.1, 0.15) is 38.3 Å². The zero-order valence-electron chi connectivity index (χ0n) is 12.3. The second-order valence-electron chi connectivity index (χ2n) is 6.35. The van der Waals surface area contributed by atoms with Crippen molar-refractivity contribution in [3.63, 3.8) is 0 Å². The van der Waals surface area contributed by atoms with Gasteiger partial charge in [0.25, 0.3) is 0 Å². The van der Waals surface area contributed by atoms with Crippen molar-refractivity contribution >= 4 is 11.8 Å². The number of hydrogen-bond acceptors (Lipinski definition) is 3. The fourth-order valence-corrected chi connectivity index (χ4v) is 4.51. The number of halogens is 1. The predicted molar refractivity (Wildman–Crippen MR) is 80.6 cm³/mol. The maximum absolute atomic E-state index is 13.9. The highest BCUT2D eigenvalue weighted by Crippen LogP contribution is 2.45. The quantitative estimate of drug-likeness (QED) is 0.917. The van der Waals surface area contributed by atoms with Crippen LogP contribution in [-0.4, -0.2) is 25.0 Å². The maximum atomic E-state index is 13.9. The molecule has 4 heteroatoms. The fraction of sp³-hybridized carbons (Fsp3) is 0.625. The molecule has 20 heavy (non-hydrogen) atoms. The zero-order chi connectivity index (χ0) is 14.3. The normalized spacial score (nSPS) is 31.5. The Kier molecular flexibility index (Phi) is 3.82. The first-order valence-electron chi connectivity index (χ1n) is 7.24. The summed E-state index contributed by atoms with van der Waals surface area (Å²) >= 11 is 1.64. The lowest BCUT2D eigenvalue weighted by Crippen LogP contribution is -2.61. The molecule has 1 aliphatic heterocycles. The number of fused-ring (bicyclic) bond motifs is 1. The van der Waals surface area contributed by atoms with Crippen LogP contribution in [0.3, 0.4) is 0 Å². The second-order valence-corrected chi connectivity index (χ2v) is 7.45. The fourth-order valence-electron chi connectivity index (χ4n) is 3.37. The predicted octanol–water partition coefficient (Wildman–Crippen LogP) is 3.77. The Balaban J connectivity index is 1.76. The minimum Gasteiger partial charge on any atom is -0.381 e. The van der Waals surface area contributed by atoms with Crippen LogP contribution in [0.2, 0.25) is 0 Å². The highest BCUT2D eigenvalue weighted by atomic mass is 32.2. The van der Waals surface area contributed by atoms with Gasteiger partial charge in [0, 0.05) is 29.5 Å². The van der Waals surface area contributed by atoms with E-state index >= 15 is 0 Å². The smallest absolute Gasteiger partial charge is 0.137 e. The van der Waals surface area contributed by atoms with E-state index in [4.69, 9.17) is 4.74 Å². The molecule has 2 aliphatic rings. The van der Waals surface area contributed by atoms with Gasteiger partial charge in [0.15, 0.2) is 0 Å². The van der Waals surface area contributed by atoms with Gasteiger partial charge in [0.05, 0.1) is 6.10 Å². The van der Waals surface area contributed by atoms with E-state index in [0.717, 1.165) is 29.1 Å². The molecule has 0 saturated heterocycles. The monoisotopic (exact) mass is 295 g/mol.